The first-order valence-electron chi connectivity index (χ1n) is 7.48. The molecule has 2 fully saturated rings. The van der Waals surface area contributed by atoms with Crippen LogP contribution in [-0.2, 0) is 16.1 Å². The van der Waals surface area contributed by atoms with Crippen molar-refractivity contribution in [3.8, 4) is 0 Å². The second kappa shape index (κ2) is 5.20. The molecule has 0 spiro atoms. The molecule has 2 atom stereocenters. The monoisotopic (exact) mass is 277 g/mol. The van der Waals surface area contributed by atoms with Crippen molar-refractivity contribution in [2.24, 2.45) is 0 Å². The molecule has 5 heteroatoms. The largest absolute Gasteiger partial charge is 0.368 e. The van der Waals surface area contributed by atoms with Gasteiger partial charge in [0.1, 0.15) is 0 Å². The van der Waals surface area contributed by atoms with E-state index in [1.807, 2.05) is 10.8 Å². The van der Waals surface area contributed by atoms with Crippen molar-refractivity contribution in [2.75, 3.05) is 6.54 Å². The molecule has 0 N–H and O–H groups in total. The molecule has 1 aromatic rings. The van der Waals surface area contributed by atoms with Gasteiger partial charge < -0.3 is 14.2 Å². The maximum Gasteiger partial charge on any atom is 0.224 e. The van der Waals surface area contributed by atoms with Crippen LogP contribution >= 0.6 is 0 Å². The Morgan fingerprint density at radius 1 is 1.45 bits per heavy atom. The van der Waals surface area contributed by atoms with Crippen LogP contribution in [0, 0.1) is 0 Å². The van der Waals surface area contributed by atoms with Crippen LogP contribution in [-0.4, -0.2) is 44.6 Å². The third kappa shape index (κ3) is 2.73. The number of hydrogen-bond acceptors (Lipinski definition) is 3. The lowest BCUT2D eigenvalue weighted by molar-refractivity contribution is -0.172. The molecule has 1 saturated heterocycles. The summed E-state index contributed by atoms with van der Waals surface area (Å²) < 4.78 is 8.07. The van der Waals surface area contributed by atoms with Gasteiger partial charge in [-0.15, -0.1) is 0 Å². The summed E-state index contributed by atoms with van der Waals surface area (Å²) in [5, 5.41) is 0. The number of ether oxygens (including phenoxy) is 1. The highest BCUT2D eigenvalue weighted by atomic mass is 16.5. The molecule has 1 aliphatic carbocycles. The minimum atomic E-state index is -0.226. The highest BCUT2D eigenvalue weighted by Crippen LogP contribution is 2.35. The lowest BCUT2D eigenvalue weighted by Crippen LogP contribution is -2.58. The molecule has 110 valence electrons. The quantitative estimate of drug-likeness (QED) is 0.847. The van der Waals surface area contributed by atoms with Crippen LogP contribution < -0.4 is 0 Å². The van der Waals surface area contributed by atoms with Gasteiger partial charge in [0.2, 0.25) is 5.91 Å². The number of imidazole rings is 1. The Balaban J connectivity index is 1.65. The molecule has 20 heavy (non-hydrogen) atoms. The van der Waals surface area contributed by atoms with E-state index in [0.29, 0.717) is 25.6 Å². The second-order valence-corrected chi connectivity index (χ2v) is 6.49. The number of aromatic nitrogens is 2. The van der Waals surface area contributed by atoms with E-state index in [0.717, 1.165) is 19.3 Å². The maximum atomic E-state index is 12.6. The molecule has 1 amide bonds. The molecular formula is C15H23N3O2. The SMILES string of the molecule is CC1(C)CN(C(=O)CCn2ccnc2)[C@@H]2CCC[C@H]2O1. The molecule has 0 aromatic carbocycles. The molecule has 0 radical (unpaired) electrons. The predicted molar refractivity (Wildman–Crippen MR) is 75.1 cm³/mol. The van der Waals surface area contributed by atoms with Gasteiger partial charge in [-0.3, -0.25) is 4.79 Å². The number of fused-ring (bicyclic) bond motifs is 1. The van der Waals surface area contributed by atoms with Crippen molar-refractivity contribution in [1.82, 2.24) is 14.5 Å². The lowest BCUT2D eigenvalue weighted by atomic mass is 10.0. The van der Waals surface area contributed by atoms with Crippen molar-refractivity contribution in [1.29, 1.82) is 0 Å². The van der Waals surface area contributed by atoms with E-state index in [2.05, 4.69) is 23.7 Å². The number of nitrogens with zero attached hydrogens (tertiary/aromatic N) is 3. The first kappa shape index (κ1) is 13.6. The fourth-order valence-corrected chi connectivity index (χ4v) is 3.44. The van der Waals surface area contributed by atoms with Gasteiger partial charge in [-0.05, 0) is 33.1 Å². The predicted octanol–water partition coefficient (Wildman–Crippen LogP) is 1.83. The number of aryl methyl sites for hydroxylation is 1. The molecule has 3 rings (SSSR count). The lowest BCUT2D eigenvalue weighted by Gasteiger charge is -2.46. The topological polar surface area (TPSA) is 47.4 Å². The minimum Gasteiger partial charge on any atom is -0.368 e. The average molecular weight is 277 g/mol. The Bertz CT molecular complexity index is 469. The van der Waals surface area contributed by atoms with Crippen LogP contribution in [0.25, 0.3) is 0 Å². The molecule has 0 bridgehead atoms. The molecule has 0 unspecified atom stereocenters. The summed E-state index contributed by atoms with van der Waals surface area (Å²) in [6.07, 6.45) is 9.50. The minimum absolute atomic E-state index is 0.226. The van der Waals surface area contributed by atoms with E-state index in [9.17, 15) is 4.79 Å². The van der Waals surface area contributed by atoms with Gasteiger partial charge in [0.25, 0.3) is 0 Å². The zero-order valence-electron chi connectivity index (χ0n) is 12.3. The second-order valence-electron chi connectivity index (χ2n) is 6.49. The van der Waals surface area contributed by atoms with Crippen LogP contribution in [0.15, 0.2) is 18.7 Å². The van der Waals surface area contributed by atoms with Gasteiger partial charge in [0.05, 0.1) is 24.1 Å². The Kier molecular flexibility index (Phi) is 3.54. The number of carbonyl (C=O) groups is 1. The van der Waals surface area contributed by atoms with Crippen molar-refractivity contribution >= 4 is 5.91 Å². The fourth-order valence-electron chi connectivity index (χ4n) is 3.44. The van der Waals surface area contributed by atoms with Gasteiger partial charge in [-0.2, -0.15) is 0 Å². The van der Waals surface area contributed by atoms with Gasteiger partial charge in [0.15, 0.2) is 0 Å². The summed E-state index contributed by atoms with van der Waals surface area (Å²) in [7, 11) is 0. The third-order valence-electron chi connectivity index (χ3n) is 4.30. The van der Waals surface area contributed by atoms with Crippen LogP contribution in [0.5, 0.6) is 0 Å². The zero-order chi connectivity index (χ0) is 14.2. The van der Waals surface area contributed by atoms with Gasteiger partial charge in [-0.25, -0.2) is 4.98 Å². The van der Waals surface area contributed by atoms with E-state index in [1.54, 1.807) is 12.5 Å². The average Bonchev–Trinajstić information content (AvgIpc) is 3.04. The highest BCUT2D eigenvalue weighted by Gasteiger charge is 2.44. The maximum absolute atomic E-state index is 12.6. The van der Waals surface area contributed by atoms with Crippen molar-refractivity contribution in [3.63, 3.8) is 0 Å². The normalized spacial score (nSPS) is 28.4. The smallest absolute Gasteiger partial charge is 0.224 e. The molecule has 1 aliphatic heterocycles. The van der Waals surface area contributed by atoms with E-state index in [-0.39, 0.29) is 17.6 Å². The number of amides is 1. The summed E-state index contributed by atoms with van der Waals surface area (Å²) in [5.74, 6) is 0.243. The van der Waals surface area contributed by atoms with Gasteiger partial charge >= 0.3 is 0 Å². The first-order chi connectivity index (χ1) is 9.55. The Morgan fingerprint density at radius 3 is 3.05 bits per heavy atom. The summed E-state index contributed by atoms with van der Waals surface area (Å²) in [4.78, 5) is 18.6. The Labute approximate surface area is 119 Å². The molecule has 1 aromatic heterocycles. The Hall–Kier alpha value is -1.36. The number of hydrogen-bond donors (Lipinski definition) is 0. The number of carbonyl (C=O) groups excluding carboxylic acids is 1. The van der Waals surface area contributed by atoms with Crippen LogP contribution in [0.4, 0.5) is 0 Å². The standard InChI is InChI=1S/C15H23N3O2/c1-15(2)10-18(12-4-3-5-13(12)20-15)14(19)6-8-17-9-7-16-11-17/h7,9,11-13H,3-6,8,10H2,1-2H3/t12-,13-/m1/s1. The molecule has 2 aliphatic rings. The van der Waals surface area contributed by atoms with Gasteiger partial charge in [0, 0.05) is 31.9 Å². The molecule has 1 saturated carbocycles. The van der Waals surface area contributed by atoms with Crippen molar-refractivity contribution in [3.05, 3.63) is 18.7 Å². The zero-order valence-corrected chi connectivity index (χ0v) is 12.3. The highest BCUT2D eigenvalue weighted by molar-refractivity contribution is 5.76. The molecule has 2 heterocycles. The summed E-state index contributed by atoms with van der Waals surface area (Å²) in [6, 6.07) is 0.290. The van der Waals surface area contributed by atoms with E-state index < -0.39 is 0 Å². The summed E-state index contributed by atoms with van der Waals surface area (Å²) >= 11 is 0. The van der Waals surface area contributed by atoms with Crippen LogP contribution in [0.3, 0.4) is 0 Å². The van der Waals surface area contributed by atoms with E-state index in [1.165, 1.54) is 0 Å². The van der Waals surface area contributed by atoms with E-state index >= 15 is 0 Å². The molecule has 5 nitrogen and oxygen atoms in total. The number of rotatable bonds is 3. The van der Waals surface area contributed by atoms with Gasteiger partial charge in [-0.1, -0.05) is 0 Å². The van der Waals surface area contributed by atoms with Crippen LogP contribution in [0.2, 0.25) is 0 Å². The van der Waals surface area contributed by atoms with Crippen molar-refractivity contribution in [2.45, 2.75) is 63.8 Å². The first-order valence-corrected chi connectivity index (χ1v) is 7.48. The molecular weight excluding hydrogens is 254 g/mol. The number of morpholine rings is 1. The van der Waals surface area contributed by atoms with E-state index in [4.69, 9.17) is 4.74 Å². The summed E-state index contributed by atoms with van der Waals surface area (Å²) in [5.41, 5.74) is -0.226. The third-order valence-corrected chi connectivity index (χ3v) is 4.30. The summed E-state index contributed by atoms with van der Waals surface area (Å²) in [6.45, 7) is 5.57. The fraction of sp³-hybridized carbons (Fsp3) is 0.733. The van der Waals surface area contributed by atoms with Crippen LogP contribution in [0.1, 0.15) is 39.5 Å². The Morgan fingerprint density at radius 2 is 2.30 bits per heavy atom. The van der Waals surface area contributed by atoms with Crippen molar-refractivity contribution < 1.29 is 9.53 Å².